The predicted octanol–water partition coefficient (Wildman–Crippen LogP) is 4.06. The van der Waals surface area contributed by atoms with Crippen molar-refractivity contribution in [1.29, 1.82) is 0 Å². The van der Waals surface area contributed by atoms with E-state index in [1.165, 1.54) is 23.9 Å². The van der Waals surface area contributed by atoms with Gasteiger partial charge in [0.05, 0.1) is 0 Å². The van der Waals surface area contributed by atoms with Crippen molar-refractivity contribution in [2.45, 2.75) is 4.90 Å². The Kier molecular flexibility index (Phi) is 5.12. The van der Waals surface area contributed by atoms with Crippen molar-refractivity contribution in [3.05, 3.63) is 60.4 Å². The first kappa shape index (κ1) is 15.8. The number of anilines is 1. The molecule has 3 aromatic rings. The zero-order valence-electron chi connectivity index (χ0n) is 12.3. The molecule has 0 aliphatic rings. The Balaban J connectivity index is 1.64. The molecule has 0 bridgehead atoms. The maximum Gasteiger partial charge on any atom is 0.301 e. The normalized spacial score (nSPS) is 10.7. The number of hydrogen-bond acceptors (Lipinski definition) is 6. The van der Waals surface area contributed by atoms with Crippen LogP contribution in [-0.2, 0) is 0 Å². The van der Waals surface area contributed by atoms with E-state index in [2.05, 4.69) is 15.0 Å². The summed E-state index contributed by atoms with van der Waals surface area (Å²) in [4.78, 5) is 15.9. The van der Waals surface area contributed by atoms with Gasteiger partial charge in [-0.3, -0.25) is 10.2 Å². The molecule has 1 heterocycles. The fourth-order valence-corrected chi connectivity index (χ4v) is 2.93. The molecule has 2 aromatic carbocycles. The van der Waals surface area contributed by atoms with E-state index in [-0.39, 0.29) is 11.7 Å². The van der Waals surface area contributed by atoms with Crippen LogP contribution in [0.4, 0.5) is 5.69 Å². The quantitative estimate of drug-likeness (QED) is 0.462. The van der Waals surface area contributed by atoms with Gasteiger partial charge in [-0.1, -0.05) is 30.1 Å². The van der Waals surface area contributed by atoms with Gasteiger partial charge < -0.3 is 9.14 Å². The van der Waals surface area contributed by atoms with Crippen LogP contribution in [0.5, 0.6) is 0 Å². The van der Waals surface area contributed by atoms with E-state index in [4.69, 9.17) is 4.42 Å². The Morgan fingerprint density at radius 2 is 1.91 bits per heavy atom. The van der Waals surface area contributed by atoms with Gasteiger partial charge in [-0.25, -0.2) is 0 Å². The van der Waals surface area contributed by atoms with Crippen LogP contribution in [0.3, 0.4) is 0 Å². The summed E-state index contributed by atoms with van der Waals surface area (Å²) in [7, 11) is 0. The zero-order chi connectivity index (χ0) is 16.1. The maximum absolute atomic E-state index is 12.1. The number of nitrogens with one attached hydrogen (secondary N) is 3. The molecule has 3 rings (SSSR count). The lowest BCUT2D eigenvalue weighted by atomic mass is 10.2. The van der Waals surface area contributed by atoms with Gasteiger partial charge in [0.2, 0.25) is 0 Å². The van der Waals surface area contributed by atoms with Crippen molar-refractivity contribution in [3.8, 4) is 0 Å². The van der Waals surface area contributed by atoms with Crippen LogP contribution in [0.15, 0.2) is 63.9 Å². The first-order valence-corrected chi connectivity index (χ1v) is 8.90. The van der Waals surface area contributed by atoms with Crippen molar-refractivity contribution >= 4 is 46.5 Å². The molecule has 0 spiro atoms. The van der Waals surface area contributed by atoms with Crippen LogP contribution in [0.25, 0.3) is 11.0 Å². The number of hydrazine groups is 1. The average Bonchev–Trinajstić information content (AvgIpc) is 2.99. The largest absolute Gasteiger partial charge is 0.451 e. The molecule has 0 aliphatic heterocycles. The molecular formula is C16H15N3O2S2. The average molecular weight is 345 g/mol. The number of hydrogen-bond donors (Lipinski definition) is 3. The van der Waals surface area contributed by atoms with E-state index >= 15 is 0 Å². The number of carbonyl (C=O) groups is 1. The highest BCUT2D eigenvalue weighted by molar-refractivity contribution is 7.99. The van der Waals surface area contributed by atoms with Gasteiger partial charge in [0.1, 0.15) is 5.58 Å². The fourth-order valence-electron chi connectivity index (χ4n) is 2.02. The third-order valence-electron chi connectivity index (χ3n) is 3.04. The molecule has 0 saturated carbocycles. The van der Waals surface area contributed by atoms with Gasteiger partial charge in [-0.05, 0) is 48.3 Å². The lowest BCUT2D eigenvalue weighted by Gasteiger charge is -2.04. The number of benzene rings is 2. The van der Waals surface area contributed by atoms with Crippen LogP contribution in [-0.4, -0.2) is 12.2 Å². The SMILES string of the molecule is CSNc1ccc2oc(C(=O)NNSc3ccccc3)cc2c1. The summed E-state index contributed by atoms with van der Waals surface area (Å²) in [6.45, 7) is 0. The van der Waals surface area contributed by atoms with E-state index in [0.29, 0.717) is 5.58 Å². The Labute approximate surface area is 142 Å². The van der Waals surface area contributed by atoms with E-state index in [1.807, 2.05) is 54.8 Å². The monoisotopic (exact) mass is 345 g/mol. The summed E-state index contributed by atoms with van der Waals surface area (Å²) in [6.07, 6.45) is 1.95. The molecule has 0 saturated heterocycles. The second-order valence-corrected chi connectivity index (χ2v) is 6.13. The van der Waals surface area contributed by atoms with Gasteiger partial charge in [0.25, 0.3) is 0 Å². The van der Waals surface area contributed by atoms with Crippen molar-refractivity contribution in [2.75, 3.05) is 11.0 Å². The van der Waals surface area contributed by atoms with Gasteiger partial charge in [0, 0.05) is 22.2 Å². The Morgan fingerprint density at radius 3 is 2.70 bits per heavy atom. The molecule has 118 valence electrons. The second-order valence-electron chi connectivity index (χ2n) is 4.64. The molecular weight excluding hydrogens is 330 g/mol. The van der Waals surface area contributed by atoms with E-state index in [0.717, 1.165) is 16.0 Å². The summed E-state index contributed by atoms with van der Waals surface area (Å²) in [5, 5.41) is 0.880. The molecule has 1 aromatic heterocycles. The van der Waals surface area contributed by atoms with E-state index in [1.54, 1.807) is 6.07 Å². The van der Waals surface area contributed by atoms with Crippen LogP contribution in [0, 0.1) is 0 Å². The van der Waals surface area contributed by atoms with Crippen LogP contribution in [0.1, 0.15) is 10.6 Å². The second kappa shape index (κ2) is 7.45. The number of amides is 1. The molecule has 7 heteroatoms. The molecule has 0 radical (unpaired) electrons. The minimum Gasteiger partial charge on any atom is -0.451 e. The molecule has 23 heavy (non-hydrogen) atoms. The van der Waals surface area contributed by atoms with Gasteiger partial charge in [-0.15, -0.1) is 0 Å². The number of fused-ring (bicyclic) bond motifs is 1. The number of rotatable bonds is 6. The van der Waals surface area contributed by atoms with Crippen molar-refractivity contribution < 1.29 is 9.21 Å². The van der Waals surface area contributed by atoms with Crippen LogP contribution >= 0.6 is 23.9 Å². The summed E-state index contributed by atoms with van der Waals surface area (Å²) in [5.41, 5.74) is 4.26. The van der Waals surface area contributed by atoms with Crippen molar-refractivity contribution in [2.24, 2.45) is 0 Å². The summed E-state index contributed by atoms with van der Waals surface area (Å²) in [6, 6.07) is 17.1. The zero-order valence-corrected chi connectivity index (χ0v) is 14.0. The topological polar surface area (TPSA) is 66.3 Å². The third-order valence-corrected chi connectivity index (χ3v) is 4.19. The molecule has 0 unspecified atom stereocenters. The summed E-state index contributed by atoms with van der Waals surface area (Å²) >= 11 is 2.84. The molecule has 0 aliphatic carbocycles. The van der Waals surface area contributed by atoms with Gasteiger partial charge in [0.15, 0.2) is 5.76 Å². The smallest absolute Gasteiger partial charge is 0.301 e. The Hall–Kier alpha value is -2.09. The first-order valence-electron chi connectivity index (χ1n) is 6.86. The van der Waals surface area contributed by atoms with Crippen LogP contribution in [0.2, 0.25) is 0 Å². The van der Waals surface area contributed by atoms with E-state index < -0.39 is 0 Å². The van der Waals surface area contributed by atoms with E-state index in [9.17, 15) is 4.79 Å². The lowest BCUT2D eigenvalue weighted by molar-refractivity contribution is 0.0921. The first-order chi connectivity index (χ1) is 11.3. The third kappa shape index (κ3) is 4.01. The summed E-state index contributed by atoms with van der Waals surface area (Å²) in [5.74, 6) is -0.0496. The number of carbonyl (C=O) groups excluding carboxylic acids is 1. The minimum atomic E-state index is -0.316. The Bertz CT molecular complexity index is 805. The highest BCUT2D eigenvalue weighted by Gasteiger charge is 2.12. The minimum absolute atomic E-state index is 0.266. The van der Waals surface area contributed by atoms with Crippen molar-refractivity contribution in [3.63, 3.8) is 0 Å². The van der Waals surface area contributed by atoms with Crippen molar-refractivity contribution in [1.82, 2.24) is 10.3 Å². The molecule has 5 nitrogen and oxygen atoms in total. The molecule has 0 atom stereocenters. The molecule has 1 amide bonds. The molecule has 0 fully saturated rings. The van der Waals surface area contributed by atoms with Gasteiger partial charge >= 0.3 is 5.91 Å². The predicted molar refractivity (Wildman–Crippen MR) is 96.3 cm³/mol. The van der Waals surface area contributed by atoms with Gasteiger partial charge in [-0.2, -0.15) is 4.83 Å². The van der Waals surface area contributed by atoms with Crippen LogP contribution < -0.4 is 15.0 Å². The highest BCUT2D eigenvalue weighted by Crippen LogP contribution is 2.24. The maximum atomic E-state index is 12.1. The number of furan rings is 1. The fraction of sp³-hybridized carbons (Fsp3) is 0.0625. The lowest BCUT2D eigenvalue weighted by Crippen LogP contribution is -2.32. The standard InChI is InChI=1S/C16H15N3O2S2/c1-22-18-12-7-8-14-11(9-12)10-15(21-14)16(20)17-19-23-13-5-3-2-4-6-13/h2-10,18-19H,1H3,(H,17,20). The summed E-state index contributed by atoms with van der Waals surface area (Å²) < 4.78 is 8.72. The molecule has 3 N–H and O–H groups in total. The Morgan fingerprint density at radius 1 is 1.09 bits per heavy atom. The highest BCUT2D eigenvalue weighted by atomic mass is 32.2.